The number of hydrogen-bond donors (Lipinski definition) is 2. The molecule has 1 aromatic carbocycles. The molecule has 1 heterocycles. The molecule has 0 aliphatic rings. The molecular weight excluding hydrogens is 306 g/mol. The first-order chi connectivity index (χ1) is 10.3. The van der Waals surface area contributed by atoms with Gasteiger partial charge in [-0.3, -0.25) is 4.79 Å². The number of aryl methyl sites for hydroxylation is 2. The molecule has 0 atom stereocenters. The van der Waals surface area contributed by atoms with Gasteiger partial charge in [-0.2, -0.15) is 0 Å². The molecule has 0 saturated carbocycles. The van der Waals surface area contributed by atoms with Gasteiger partial charge in [-0.15, -0.1) is 0 Å². The van der Waals surface area contributed by atoms with E-state index < -0.39 is 9.84 Å². The largest absolute Gasteiger partial charge is 0.376 e. The third-order valence-electron chi connectivity index (χ3n) is 2.97. The smallest absolute Gasteiger partial charge is 0.244 e. The SMILES string of the molecule is Cc1cc(NC(=O)CNc2cc(S(C)(=O)=O)ccc2C)no1. The molecule has 1 amide bonds. The van der Waals surface area contributed by atoms with Crippen molar-refractivity contribution < 1.29 is 17.7 Å². The number of amides is 1. The molecule has 118 valence electrons. The quantitative estimate of drug-likeness (QED) is 0.869. The molecule has 0 fully saturated rings. The molecule has 0 bridgehead atoms. The normalized spacial score (nSPS) is 11.2. The predicted molar refractivity (Wildman–Crippen MR) is 82.6 cm³/mol. The van der Waals surface area contributed by atoms with E-state index >= 15 is 0 Å². The second kappa shape index (κ2) is 6.18. The fourth-order valence-electron chi connectivity index (χ4n) is 1.81. The summed E-state index contributed by atoms with van der Waals surface area (Å²) >= 11 is 0. The van der Waals surface area contributed by atoms with Gasteiger partial charge in [0.15, 0.2) is 15.7 Å². The van der Waals surface area contributed by atoms with E-state index in [1.54, 1.807) is 19.1 Å². The summed E-state index contributed by atoms with van der Waals surface area (Å²) in [5.74, 6) is 0.628. The van der Waals surface area contributed by atoms with Crippen molar-refractivity contribution in [1.29, 1.82) is 0 Å². The first-order valence-corrected chi connectivity index (χ1v) is 8.42. The molecule has 2 N–H and O–H groups in total. The van der Waals surface area contributed by atoms with E-state index in [2.05, 4.69) is 15.8 Å². The van der Waals surface area contributed by atoms with Gasteiger partial charge in [-0.1, -0.05) is 11.2 Å². The minimum absolute atomic E-state index is 0.0139. The van der Waals surface area contributed by atoms with E-state index in [9.17, 15) is 13.2 Å². The highest BCUT2D eigenvalue weighted by molar-refractivity contribution is 7.90. The van der Waals surface area contributed by atoms with Crippen molar-refractivity contribution in [3.8, 4) is 0 Å². The Balaban J connectivity index is 2.03. The van der Waals surface area contributed by atoms with Gasteiger partial charge < -0.3 is 15.2 Å². The lowest BCUT2D eigenvalue weighted by atomic mass is 10.2. The number of carbonyl (C=O) groups is 1. The Labute approximate surface area is 128 Å². The van der Waals surface area contributed by atoms with Crippen LogP contribution in [0, 0.1) is 13.8 Å². The number of hydrogen-bond acceptors (Lipinski definition) is 6. The number of benzene rings is 1. The Morgan fingerprint density at radius 2 is 2.00 bits per heavy atom. The van der Waals surface area contributed by atoms with Crippen molar-refractivity contribution in [2.45, 2.75) is 18.7 Å². The Morgan fingerprint density at radius 3 is 2.59 bits per heavy atom. The summed E-state index contributed by atoms with van der Waals surface area (Å²) in [5.41, 5.74) is 1.44. The van der Waals surface area contributed by atoms with Crippen molar-refractivity contribution in [3.05, 3.63) is 35.6 Å². The van der Waals surface area contributed by atoms with Gasteiger partial charge in [0, 0.05) is 18.0 Å². The maximum Gasteiger partial charge on any atom is 0.244 e. The molecule has 1 aromatic heterocycles. The molecular formula is C14H17N3O4S. The topological polar surface area (TPSA) is 101 Å². The van der Waals surface area contributed by atoms with Crippen LogP contribution in [0.5, 0.6) is 0 Å². The van der Waals surface area contributed by atoms with Gasteiger partial charge in [0.25, 0.3) is 0 Å². The predicted octanol–water partition coefficient (Wildman–Crippen LogP) is 1.75. The highest BCUT2D eigenvalue weighted by atomic mass is 32.2. The van der Waals surface area contributed by atoms with E-state index in [0.717, 1.165) is 11.8 Å². The number of carbonyl (C=O) groups excluding carboxylic acids is 1. The van der Waals surface area contributed by atoms with Crippen LogP contribution in [0.15, 0.2) is 33.7 Å². The third-order valence-corrected chi connectivity index (χ3v) is 4.08. The van der Waals surface area contributed by atoms with Gasteiger partial charge >= 0.3 is 0 Å². The minimum Gasteiger partial charge on any atom is -0.376 e. The van der Waals surface area contributed by atoms with E-state index in [1.807, 2.05) is 6.92 Å². The van der Waals surface area contributed by atoms with E-state index in [4.69, 9.17) is 4.52 Å². The zero-order valence-corrected chi connectivity index (χ0v) is 13.3. The fraction of sp³-hybridized carbons (Fsp3) is 0.286. The van der Waals surface area contributed by atoms with Crippen molar-refractivity contribution in [2.75, 3.05) is 23.4 Å². The van der Waals surface area contributed by atoms with Gasteiger partial charge in [0.05, 0.1) is 11.4 Å². The lowest BCUT2D eigenvalue weighted by Gasteiger charge is -2.10. The Morgan fingerprint density at radius 1 is 1.27 bits per heavy atom. The van der Waals surface area contributed by atoms with Gasteiger partial charge in [0.2, 0.25) is 5.91 Å². The fourth-order valence-corrected chi connectivity index (χ4v) is 2.46. The van der Waals surface area contributed by atoms with E-state index in [-0.39, 0.29) is 17.3 Å². The molecule has 8 heteroatoms. The molecule has 0 aliphatic carbocycles. The zero-order chi connectivity index (χ0) is 16.3. The number of rotatable bonds is 5. The molecule has 2 aromatic rings. The highest BCUT2D eigenvalue weighted by Crippen LogP contribution is 2.20. The summed E-state index contributed by atoms with van der Waals surface area (Å²) < 4.78 is 28.0. The molecule has 0 spiro atoms. The maximum absolute atomic E-state index is 11.8. The van der Waals surface area contributed by atoms with E-state index in [0.29, 0.717) is 17.3 Å². The minimum atomic E-state index is -3.29. The van der Waals surface area contributed by atoms with Crippen molar-refractivity contribution >= 4 is 27.2 Å². The van der Waals surface area contributed by atoms with Gasteiger partial charge in [0.1, 0.15) is 5.76 Å². The zero-order valence-electron chi connectivity index (χ0n) is 12.5. The second-order valence-corrected chi connectivity index (χ2v) is 6.99. The third kappa shape index (κ3) is 4.08. The van der Waals surface area contributed by atoms with Gasteiger partial charge in [-0.05, 0) is 31.5 Å². The van der Waals surface area contributed by atoms with Crippen LogP contribution in [-0.2, 0) is 14.6 Å². The Bertz CT molecular complexity index is 796. The van der Waals surface area contributed by atoms with Crippen LogP contribution >= 0.6 is 0 Å². The van der Waals surface area contributed by atoms with Crippen molar-refractivity contribution in [1.82, 2.24) is 5.16 Å². The van der Waals surface area contributed by atoms with Crippen LogP contribution in [0.25, 0.3) is 0 Å². The van der Waals surface area contributed by atoms with Crippen LogP contribution in [0.3, 0.4) is 0 Å². The molecule has 0 saturated heterocycles. The van der Waals surface area contributed by atoms with Crippen LogP contribution < -0.4 is 10.6 Å². The summed E-state index contributed by atoms with van der Waals surface area (Å²) in [5, 5.41) is 9.15. The van der Waals surface area contributed by atoms with Crippen LogP contribution in [0.2, 0.25) is 0 Å². The summed E-state index contributed by atoms with van der Waals surface area (Å²) in [6, 6.07) is 6.34. The first kappa shape index (κ1) is 16.0. The average molecular weight is 323 g/mol. The number of sulfone groups is 1. The van der Waals surface area contributed by atoms with Crippen molar-refractivity contribution in [3.63, 3.8) is 0 Å². The lowest BCUT2D eigenvalue weighted by Crippen LogP contribution is -2.22. The first-order valence-electron chi connectivity index (χ1n) is 6.53. The summed E-state index contributed by atoms with van der Waals surface area (Å²) in [7, 11) is -3.29. The summed E-state index contributed by atoms with van der Waals surface area (Å²) in [6.07, 6.45) is 1.14. The Hall–Kier alpha value is -2.35. The maximum atomic E-state index is 11.8. The number of anilines is 2. The monoisotopic (exact) mass is 323 g/mol. The lowest BCUT2D eigenvalue weighted by molar-refractivity contribution is -0.114. The summed E-state index contributed by atoms with van der Waals surface area (Å²) in [4.78, 5) is 12.0. The van der Waals surface area contributed by atoms with Gasteiger partial charge in [-0.25, -0.2) is 8.42 Å². The number of nitrogens with zero attached hydrogens (tertiary/aromatic N) is 1. The number of aromatic nitrogens is 1. The number of nitrogens with one attached hydrogen (secondary N) is 2. The average Bonchev–Trinajstić information content (AvgIpc) is 2.81. The van der Waals surface area contributed by atoms with Crippen LogP contribution in [0.1, 0.15) is 11.3 Å². The van der Waals surface area contributed by atoms with E-state index in [1.165, 1.54) is 12.1 Å². The molecule has 7 nitrogen and oxygen atoms in total. The van der Waals surface area contributed by atoms with Crippen LogP contribution in [0.4, 0.5) is 11.5 Å². The molecule has 0 unspecified atom stereocenters. The molecule has 2 rings (SSSR count). The molecule has 0 aliphatic heterocycles. The second-order valence-electron chi connectivity index (χ2n) is 4.97. The Kier molecular flexibility index (Phi) is 4.51. The summed E-state index contributed by atoms with van der Waals surface area (Å²) in [6.45, 7) is 3.54. The molecule has 0 radical (unpaired) electrons. The van der Waals surface area contributed by atoms with Crippen LogP contribution in [-0.4, -0.2) is 32.3 Å². The standard InChI is InChI=1S/C14H17N3O4S/c1-9-4-5-11(22(3,19)20)7-12(9)15-8-14(18)16-13-6-10(2)21-17-13/h4-7,15H,8H2,1-3H3,(H,16,17,18). The van der Waals surface area contributed by atoms with Crippen molar-refractivity contribution in [2.24, 2.45) is 0 Å². The highest BCUT2D eigenvalue weighted by Gasteiger charge is 2.11. The molecule has 22 heavy (non-hydrogen) atoms.